The van der Waals surface area contributed by atoms with Gasteiger partial charge in [0.1, 0.15) is 0 Å². The van der Waals surface area contributed by atoms with Crippen LogP contribution in [0.4, 0.5) is 5.69 Å². The van der Waals surface area contributed by atoms with Gasteiger partial charge in [-0.2, -0.15) is 0 Å². The lowest BCUT2D eigenvalue weighted by atomic mass is 10.1. The van der Waals surface area contributed by atoms with Gasteiger partial charge in [-0.3, -0.25) is 14.9 Å². The van der Waals surface area contributed by atoms with E-state index in [1.54, 1.807) is 39.2 Å². The normalized spacial score (nSPS) is 11.9. The minimum atomic E-state index is -0.385. The Morgan fingerprint density at radius 3 is 2.63 bits per heavy atom. The molecule has 0 saturated carbocycles. The van der Waals surface area contributed by atoms with Crippen LogP contribution in [-0.2, 0) is 11.2 Å². The highest BCUT2D eigenvalue weighted by Crippen LogP contribution is 2.17. The number of hydrogen-bond acceptors (Lipinski definition) is 4. The molecule has 0 aromatic heterocycles. The van der Waals surface area contributed by atoms with Crippen LogP contribution in [0.1, 0.15) is 12.5 Å². The number of rotatable bonds is 6. The van der Waals surface area contributed by atoms with Gasteiger partial charge in [-0.1, -0.05) is 18.2 Å². The zero-order valence-electron chi connectivity index (χ0n) is 11.4. The monoisotopic (exact) mass is 265 g/mol. The highest BCUT2D eigenvalue weighted by Gasteiger charge is 2.15. The van der Waals surface area contributed by atoms with Crippen LogP contribution in [0, 0.1) is 10.1 Å². The number of likely N-dealkylation sites (N-methyl/N-ethyl adjacent to an activating group) is 1. The molecule has 1 aromatic carbocycles. The van der Waals surface area contributed by atoms with Crippen molar-refractivity contribution in [1.82, 2.24) is 10.2 Å². The third kappa shape index (κ3) is 4.33. The lowest BCUT2D eigenvalue weighted by Gasteiger charge is -2.17. The molecule has 0 saturated heterocycles. The molecule has 1 aromatic rings. The lowest BCUT2D eigenvalue weighted by Crippen LogP contribution is -2.42. The second-order valence-corrected chi connectivity index (χ2v) is 4.54. The number of nitro groups is 1. The maximum Gasteiger partial charge on any atom is 0.272 e. The molecule has 1 rings (SSSR count). The van der Waals surface area contributed by atoms with E-state index in [1.807, 2.05) is 0 Å². The van der Waals surface area contributed by atoms with Crippen molar-refractivity contribution < 1.29 is 9.72 Å². The molecule has 0 radical (unpaired) electrons. The van der Waals surface area contributed by atoms with Crippen LogP contribution in [0.5, 0.6) is 0 Å². The van der Waals surface area contributed by atoms with Gasteiger partial charge in [0.25, 0.3) is 5.69 Å². The third-order valence-corrected chi connectivity index (χ3v) is 2.84. The summed E-state index contributed by atoms with van der Waals surface area (Å²) in [5, 5.41) is 13.9. The number of para-hydroxylation sites is 1. The van der Waals surface area contributed by atoms with Gasteiger partial charge >= 0.3 is 0 Å². The van der Waals surface area contributed by atoms with Crippen molar-refractivity contribution in [3.05, 3.63) is 39.9 Å². The summed E-state index contributed by atoms with van der Waals surface area (Å²) in [6.07, 6.45) is 0.516. The smallest absolute Gasteiger partial charge is 0.272 e. The molecule has 19 heavy (non-hydrogen) atoms. The zero-order valence-corrected chi connectivity index (χ0v) is 11.4. The first-order valence-corrected chi connectivity index (χ1v) is 6.10. The summed E-state index contributed by atoms with van der Waals surface area (Å²) in [5.74, 6) is -0.0115. The molecule has 1 amide bonds. The molecule has 0 aliphatic carbocycles. The Kier molecular flexibility index (Phi) is 5.44. The highest BCUT2D eigenvalue weighted by molar-refractivity contribution is 5.80. The van der Waals surface area contributed by atoms with Crippen molar-refractivity contribution in [3.8, 4) is 0 Å². The molecule has 0 spiro atoms. The zero-order chi connectivity index (χ0) is 14.4. The van der Waals surface area contributed by atoms with Gasteiger partial charge in [0.15, 0.2) is 0 Å². The summed E-state index contributed by atoms with van der Waals surface area (Å²) >= 11 is 0. The molecule has 0 aliphatic rings. The summed E-state index contributed by atoms with van der Waals surface area (Å²) < 4.78 is 0. The maximum absolute atomic E-state index is 11.6. The van der Waals surface area contributed by atoms with E-state index >= 15 is 0 Å². The van der Waals surface area contributed by atoms with Crippen LogP contribution < -0.4 is 5.32 Å². The van der Waals surface area contributed by atoms with Gasteiger partial charge in [-0.25, -0.2) is 0 Å². The molecule has 6 heteroatoms. The minimum absolute atomic E-state index is 0.0115. The van der Waals surface area contributed by atoms with Crippen molar-refractivity contribution in [3.63, 3.8) is 0 Å². The fourth-order valence-corrected chi connectivity index (χ4v) is 1.80. The largest absolute Gasteiger partial charge is 0.347 e. The van der Waals surface area contributed by atoms with E-state index in [0.717, 1.165) is 0 Å². The van der Waals surface area contributed by atoms with E-state index in [0.29, 0.717) is 18.5 Å². The molecule has 0 fully saturated rings. The standard InChI is InChI=1S/C13H19N3O3/c1-10(13(17)15(2)3)14-9-8-11-6-4-5-7-12(11)16(18)19/h4-7,10,14H,8-9H2,1-3H3. The van der Waals surface area contributed by atoms with E-state index in [9.17, 15) is 14.9 Å². The SMILES string of the molecule is CC(NCCc1ccccc1[N+](=O)[O-])C(=O)N(C)C. The molecule has 104 valence electrons. The Morgan fingerprint density at radius 1 is 1.42 bits per heavy atom. The number of carbonyl (C=O) groups excluding carboxylic acids is 1. The van der Waals surface area contributed by atoms with Gasteiger partial charge in [-0.15, -0.1) is 0 Å². The summed E-state index contributed by atoms with van der Waals surface area (Å²) in [6.45, 7) is 2.30. The Balaban J connectivity index is 2.54. The minimum Gasteiger partial charge on any atom is -0.347 e. The number of amides is 1. The van der Waals surface area contributed by atoms with Crippen LogP contribution in [0.25, 0.3) is 0 Å². The van der Waals surface area contributed by atoms with Gasteiger partial charge in [-0.05, 0) is 13.3 Å². The van der Waals surface area contributed by atoms with Crippen LogP contribution in [-0.4, -0.2) is 42.4 Å². The van der Waals surface area contributed by atoms with E-state index in [-0.39, 0.29) is 22.6 Å². The summed E-state index contributed by atoms with van der Waals surface area (Å²) in [4.78, 5) is 23.6. The molecule has 1 atom stereocenters. The highest BCUT2D eigenvalue weighted by atomic mass is 16.6. The fraction of sp³-hybridized carbons (Fsp3) is 0.462. The van der Waals surface area contributed by atoms with Crippen molar-refractivity contribution in [1.29, 1.82) is 0 Å². The number of nitrogens with zero attached hydrogens (tertiary/aromatic N) is 2. The van der Waals surface area contributed by atoms with Crippen LogP contribution in [0.3, 0.4) is 0 Å². The number of nitrogens with one attached hydrogen (secondary N) is 1. The summed E-state index contributed by atoms with van der Waals surface area (Å²) in [6, 6.07) is 6.35. The molecule has 0 aliphatic heterocycles. The van der Waals surface area contributed by atoms with E-state index < -0.39 is 0 Å². The lowest BCUT2D eigenvalue weighted by molar-refractivity contribution is -0.385. The molecule has 6 nitrogen and oxygen atoms in total. The predicted molar refractivity (Wildman–Crippen MR) is 73.0 cm³/mol. The first-order valence-electron chi connectivity index (χ1n) is 6.10. The summed E-state index contributed by atoms with van der Waals surface area (Å²) in [7, 11) is 3.39. The quantitative estimate of drug-likeness (QED) is 0.619. The van der Waals surface area contributed by atoms with E-state index in [1.165, 1.54) is 11.0 Å². The average molecular weight is 265 g/mol. The van der Waals surface area contributed by atoms with Gasteiger partial charge < -0.3 is 10.2 Å². The third-order valence-electron chi connectivity index (χ3n) is 2.84. The fourth-order valence-electron chi connectivity index (χ4n) is 1.80. The molecular weight excluding hydrogens is 246 g/mol. The Labute approximate surface area is 112 Å². The van der Waals surface area contributed by atoms with E-state index in [4.69, 9.17) is 0 Å². The molecule has 1 unspecified atom stereocenters. The van der Waals surface area contributed by atoms with Gasteiger partial charge in [0.05, 0.1) is 11.0 Å². The van der Waals surface area contributed by atoms with Crippen LogP contribution in [0.15, 0.2) is 24.3 Å². The van der Waals surface area contributed by atoms with Gasteiger partial charge in [0, 0.05) is 32.3 Å². The first kappa shape index (κ1) is 15.1. The number of benzene rings is 1. The number of carbonyl (C=O) groups is 1. The first-order chi connectivity index (χ1) is 8.93. The number of hydrogen-bond donors (Lipinski definition) is 1. The van der Waals surface area contributed by atoms with Crippen molar-refractivity contribution in [2.45, 2.75) is 19.4 Å². The van der Waals surface area contributed by atoms with Crippen LogP contribution >= 0.6 is 0 Å². The molecular formula is C13H19N3O3. The maximum atomic E-state index is 11.6. The molecule has 0 heterocycles. The second kappa shape index (κ2) is 6.84. The molecule has 0 bridgehead atoms. The topological polar surface area (TPSA) is 75.5 Å². The van der Waals surface area contributed by atoms with Gasteiger partial charge in [0.2, 0.25) is 5.91 Å². The van der Waals surface area contributed by atoms with Crippen molar-refractivity contribution in [2.75, 3.05) is 20.6 Å². The van der Waals surface area contributed by atoms with Crippen molar-refractivity contribution >= 4 is 11.6 Å². The Morgan fingerprint density at radius 2 is 2.05 bits per heavy atom. The Bertz CT molecular complexity index is 460. The predicted octanol–water partition coefficient (Wildman–Crippen LogP) is 1.20. The summed E-state index contributed by atoms with van der Waals surface area (Å²) in [5.41, 5.74) is 0.792. The van der Waals surface area contributed by atoms with E-state index in [2.05, 4.69) is 5.32 Å². The second-order valence-electron chi connectivity index (χ2n) is 4.54. The van der Waals surface area contributed by atoms with Crippen LogP contribution in [0.2, 0.25) is 0 Å². The average Bonchev–Trinajstić information content (AvgIpc) is 2.37. The number of nitro benzene ring substituents is 1. The van der Waals surface area contributed by atoms with Crippen molar-refractivity contribution in [2.24, 2.45) is 0 Å². The Hall–Kier alpha value is -1.95. The molecule has 1 N–H and O–H groups in total.